The van der Waals surface area contributed by atoms with Crippen molar-refractivity contribution < 1.29 is 17.9 Å². The Bertz CT molecular complexity index is 769. The number of rotatable bonds is 6. The zero-order valence-corrected chi connectivity index (χ0v) is 13.7. The maximum absolute atomic E-state index is 12.3. The second-order valence-electron chi connectivity index (χ2n) is 4.67. The standard InChI is InChI=1S/C16H18N2O4S/c1-3-22-14-8-10-15(11-9-14)23(20,21)18-13-6-4-12(5-7-13)16(19)17-2/h4-11,18H,3H2,1-2H3,(H,17,19). The van der Waals surface area contributed by atoms with Gasteiger partial charge in [0.15, 0.2) is 0 Å². The van der Waals surface area contributed by atoms with Crippen molar-refractivity contribution in [2.45, 2.75) is 11.8 Å². The number of hydrogen-bond acceptors (Lipinski definition) is 4. The van der Waals surface area contributed by atoms with Crippen LogP contribution in [-0.2, 0) is 10.0 Å². The lowest BCUT2D eigenvalue weighted by Crippen LogP contribution is -2.18. The van der Waals surface area contributed by atoms with E-state index in [9.17, 15) is 13.2 Å². The van der Waals surface area contributed by atoms with Gasteiger partial charge in [0, 0.05) is 18.3 Å². The Morgan fingerprint density at radius 2 is 1.65 bits per heavy atom. The molecule has 0 unspecified atom stereocenters. The van der Waals surface area contributed by atoms with Gasteiger partial charge in [-0.2, -0.15) is 0 Å². The fraction of sp³-hybridized carbons (Fsp3) is 0.188. The molecule has 0 atom stereocenters. The van der Waals surface area contributed by atoms with E-state index >= 15 is 0 Å². The number of ether oxygens (including phenoxy) is 1. The Hall–Kier alpha value is -2.54. The number of benzene rings is 2. The minimum absolute atomic E-state index is 0.135. The highest BCUT2D eigenvalue weighted by Gasteiger charge is 2.14. The number of hydrogen-bond donors (Lipinski definition) is 2. The Kier molecular flexibility index (Phi) is 5.23. The van der Waals surface area contributed by atoms with Gasteiger partial charge in [-0.05, 0) is 55.5 Å². The molecule has 23 heavy (non-hydrogen) atoms. The third-order valence-electron chi connectivity index (χ3n) is 3.07. The molecule has 6 nitrogen and oxygen atoms in total. The van der Waals surface area contributed by atoms with Crippen molar-refractivity contribution >= 4 is 21.6 Å². The lowest BCUT2D eigenvalue weighted by molar-refractivity contribution is 0.0963. The summed E-state index contributed by atoms with van der Waals surface area (Å²) < 4.78 is 32.4. The molecule has 0 aliphatic rings. The molecular weight excluding hydrogens is 316 g/mol. The molecule has 0 radical (unpaired) electrons. The maximum Gasteiger partial charge on any atom is 0.261 e. The van der Waals surface area contributed by atoms with Crippen molar-refractivity contribution in [3.63, 3.8) is 0 Å². The third kappa shape index (κ3) is 4.23. The van der Waals surface area contributed by atoms with E-state index in [2.05, 4.69) is 10.0 Å². The van der Waals surface area contributed by atoms with Gasteiger partial charge in [0.25, 0.3) is 15.9 Å². The zero-order chi connectivity index (χ0) is 16.9. The molecule has 0 heterocycles. The Labute approximate surface area is 135 Å². The summed E-state index contributed by atoms with van der Waals surface area (Å²) in [4.78, 5) is 11.6. The normalized spacial score (nSPS) is 10.9. The summed E-state index contributed by atoms with van der Waals surface area (Å²) >= 11 is 0. The molecule has 2 aromatic carbocycles. The van der Waals surface area contributed by atoms with E-state index in [1.54, 1.807) is 24.3 Å². The van der Waals surface area contributed by atoms with Crippen molar-refractivity contribution in [2.75, 3.05) is 18.4 Å². The summed E-state index contributed by atoms with van der Waals surface area (Å²) in [5.41, 5.74) is 0.836. The van der Waals surface area contributed by atoms with Crippen molar-refractivity contribution in [3.8, 4) is 5.75 Å². The van der Waals surface area contributed by atoms with Gasteiger partial charge in [-0.1, -0.05) is 0 Å². The van der Waals surface area contributed by atoms with E-state index in [0.29, 0.717) is 23.6 Å². The maximum atomic E-state index is 12.3. The first-order valence-corrected chi connectivity index (χ1v) is 8.52. The van der Waals surface area contributed by atoms with E-state index in [1.807, 2.05) is 6.92 Å². The summed E-state index contributed by atoms with van der Waals surface area (Å²) in [5, 5.41) is 2.50. The van der Waals surface area contributed by atoms with E-state index < -0.39 is 10.0 Å². The number of nitrogens with one attached hydrogen (secondary N) is 2. The second kappa shape index (κ2) is 7.15. The highest BCUT2D eigenvalue weighted by Crippen LogP contribution is 2.19. The molecule has 0 bridgehead atoms. The van der Waals surface area contributed by atoms with Gasteiger partial charge in [0.05, 0.1) is 11.5 Å². The van der Waals surface area contributed by atoms with Crippen LogP contribution in [0.2, 0.25) is 0 Å². The van der Waals surface area contributed by atoms with Crippen molar-refractivity contribution in [3.05, 3.63) is 54.1 Å². The Morgan fingerprint density at radius 1 is 1.04 bits per heavy atom. The average Bonchev–Trinajstić information content (AvgIpc) is 2.55. The fourth-order valence-corrected chi connectivity index (χ4v) is 2.99. The average molecular weight is 334 g/mol. The number of sulfonamides is 1. The van der Waals surface area contributed by atoms with Crippen LogP contribution in [-0.4, -0.2) is 28.0 Å². The van der Waals surface area contributed by atoms with E-state index in [1.165, 1.54) is 31.3 Å². The summed E-state index contributed by atoms with van der Waals surface area (Å²) in [6, 6.07) is 12.3. The number of amides is 1. The highest BCUT2D eigenvalue weighted by atomic mass is 32.2. The Balaban J connectivity index is 2.15. The van der Waals surface area contributed by atoms with Crippen LogP contribution in [0.15, 0.2) is 53.4 Å². The summed E-state index contributed by atoms with van der Waals surface area (Å²) in [6.07, 6.45) is 0. The monoisotopic (exact) mass is 334 g/mol. The first-order valence-electron chi connectivity index (χ1n) is 7.04. The predicted octanol–water partition coefficient (Wildman–Crippen LogP) is 2.25. The number of carbonyl (C=O) groups is 1. The van der Waals surface area contributed by atoms with E-state index in [-0.39, 0.29) is 10.8 Å². The topological polar surface area (TPSA) is 84.5 Å². The van der Waals surface area contributed by atoms with Gasteiger partial charge in [-0.25, -0.2) is 8.42 Å². The lowest BCUT2D eigenvalue weighted by Gasteiger charge is -2.09. The molecule has 0 fully saturated rings. The van der Waals surface area contributed by atoms with Gasteiger partial charge >= 0.3 is 0 Å². The molecule has 0 saturated carbocycles. The molecule has 0 aliphatic heterocycles. The van der Waals surface area contributed by atoms with Crippen LogP contribution >= 0.6 is 0 Å². The van der Waals surface area contributed by atoms with Crippen LogP contribution in [0.5, 0.6) is 5.75 Å². The summed E-state index contributed by atoms with van der Waals surface area (Å²) in [6.45, 7) is 2.37. The van der Waals surface area contributed by atoms with Crippen LogP contribution in [0.1, 0.15) is 17.3 Å². The minimum atomic E-state index is -3.69. The van der Waals surface area contributed by atoms with Crippen LogP contribution in [0.4, 0.5) is 5.69 Å². The molecule has 2 rings (SSSR count). The summed E-state index contributed by atoms with van der Waals surface area (Å²) in [5.74, 6) is 0.382. The lowest BCUT2D eigenvalue weighted by atomic mass is 10.2. The molecule has 0 aliphatic carbocycles. The van der Waals surface area contributed by atoms with E-state index in [4.69, 9.17) is 4.74 Å². The molecule has 122 valence electrons. The van der Waals surface area contributed by atoms with Crippen molar-refractivity contribution in [1.82, 2.24) is 5.32 Å². The van der Waals surface area contributed by atoms with Gasteiger partial charge in [-0.15, -0.1) is 0 Å². The minimum Gasteiger partial charge on any atom is -0.494 e. The highest BCUT2D eigenvalue weighted by molar-refractivity contribution is 7.92. The third-order valence-corrected chi connectivity index (χ3v) is 4.47. The SMILES string of the molecule is CCOc1ccc(S(=O)(=O)Nc2ccc(C(=O)NC)cc2)cc1. The quantitative estimate of drug-likeness (QED) is 0.848. The molecule has 0 saturated heterocycles. The molecule has 1 amide bonds. The zero-order valence-electron chi connectivity index (χ0n) is 12.9. The van der Waals surface area contributed by atoms with Crippen molar-refractivity contribution in [1.29, 1.82) is 0 Å². The number of carbonyl (C=O) groups excluding carboxylic acids is 1. The predicted molar refractivity (Wildman–Crippen MR) is 88.3 cm³/mol. The molecule has 2 N–H and O–H groups in total. The summed E-state index contributed by atoms with van der Waals surface area (Å²) in [7, 11) is -2.16. The molecule has 2 aromatic rings. The van der Waals surface area contributed by atoms with Crippen LogP contribution in [0.3, 0.4) is 0 Å². The van der Waals surface area contributed by atoms with Crippen LogP contribution in [0, 0.1) is 0 Å². The van der Waals surface area contributed by atoms with E-state index in [0.717, 1.165) is 0 Å². The first kappa shape index (κ1) is 16.8. The smallest absolute Gasteiger partial charge is 0.261 e. The van der Waals surface area contributed by atoms with Gasteiger partial charge in [0.2, 0.25) is 0 Å². The van der Waals surface area contributed by atoms with Crippen LogP contribution < -0.4 is 14.8 Å². The largest absolute Gasteiger partial charge is 0.494 e. The molecule has 0 spiro atoms. The molecule has 7 heteroatoms. The molecular formula is C16H18N2O4S. The van der Waals surface area contributed by atoms with Crippen LogP contribution in [0.25, 0.3) is 0 Å². The fourth-order valence-electron chi connectivity index (χ4n) is 1.93. The first-order chi connectivity index (χ1) is 11.0. The molecule has 0 aromatic heterocycles. The van der Waals surface area contributed by atoms with Crippen molar-refractivity contribution in [2.24, 2.45) is 0 Å². The Morgan fingerprint density at radius 3 is 2.17 bits per heavy atom. The van der Waals surface area contributed by atoms with Gasteiger partial charge in [-0.3, -0.25) is 9.52 Å². The number of anilines is 1. The van der Waals surface area contributed by atoms with Gasteiger partial charge < -0.3 is 10.1 Å². The van der Waals surface area contributed by atoms with Gasteiger partial charge in [0.1, 0.15) is 5.75 Å². The second-order valence-corrected chi connectivity index (χ2v) is 6.35.